The van der Waals surface area contributed by atoms with E-state index in [0.717, 1.165) is 37.3 Å². The molecule has 33 heavy (non-hydrogen) atoms. The fourth-order valence-corrected chi connectivity index (χ4v) is 5.55. The third-order valence-electron chi connectivity index (χ3n) is 6.26. The summed E-state index contributed by atoms with van der Waals surface area (Å²) < 4.78 is 34.2. The molecule has 0 aliphatic carbocycles. The molecule has 0 amide bonds. The van der Waals surface area contributed by atoms with Crippen molar-refractivity contribution in [2.24, 2.45) is 0 Å². The van der Waals surface area contributed by atoms with Gasteiger partial charge in [0.05, 0.1) is 44.7 Å². The van der Waals surface area contributed by atoms with E-state index in [4.69, 9.17) is 4.74 Å². The first-order valence-corrected chi connectivity index (χ1v) is 12.6. The van der Waals surface area contributed by atoms with E-state index in [1.807, 2.05) is 31.3 Å². The van der Waals surface area contributed by atoms with Crippen molar-refractivity contribution in [3.63, 3.8) is 0 Å². The van der Waals surface area contributed by atoms with Crippen molar-refractivity contribution >= 4 is 15.7 Å². The molecular weight excluding hydrogens is 436 g/mol. The second kappa shape index (κ2) is 10.3. The number of pyridine rings is 1. The first kappa shape index (κ1) is 23.2. The highest BCUT2D eigenvalue weighted by atomic mass is 32.2. The fourth-order valence-electron chi connectivity index (χ4n) is 4.41. The van der Waals surface area contributed by atoms with Crippen molar-refractivity contribution in [1.29, 1.82) is 0 Å². The summed E-state index contributed by atoms with van der Waals surface area (Å²) in [5.74, 6) is 0.669. The van der Waals surface area contributed by atoms with Crippen LogP contribution < -0.4 is 19.3 Å². The number of aromatic nitrogens is 1. The Morgan fingerprint density at radius 1 is 1.09 bits per heavy atom. The molecule has 1 atom stereocenters. The van der Waals surface area contributed by atoms with Crippen molar-refractivity contribution in [2.45, 2.75) is 17.9 Å². The molecule has 1 unspecified atom stereocenters. The summed E-state index contributed by atoms with van der Waals surface area (Å²) >= 11 is 0. The van der Waals surface area contributed by atoms with Gasteiger partial charge in [-0.05, 0) is 55.0 Å². The molecule has 4 rings (SSSR count). The Morgan fingerprint density at radius 2 is 1.85 bits per heavy atom. The summed E-state index contributed by atoms with van der Waals surface area (Å²) in [5, 5.41) is 0. The highest BCUT2D eigenvalue weighted by Crippen LogP contribution is 2.21. The van der Waals surface area contributed by atoms with Gasteiger partial charge in [-0.1, -0.05) is 18.2 Å². The van der Waals surface area contributed by atoms with Crippen LogP contribution in [0.5, 0.6) is 5.75 Å². The van der Waals surface area contributed by atoms with Crippen molar-refractivity contribution in [3.8, 4) is 5.75 Å². The molecule has 3 aromatic rings. The Bertz CT molecular complexity index is 1150. The van der Waals surface area contributed by atoms with E-state index in [1.165, 1.54) is 10.6 Å². The van der Waals surface area contributed by atoms with Gasteiger partial charge in [-0.15, -0.1) is 0 Å². The summed E-state index contributed by atoms with van der Waals surface area (Å²) in [5.41, 5.74) is 3.05. The normalized spacial score (nSPS) is 15.9. The quantitative estimate of drug-likeness (QED) is 0.529. The van der Waals surface area contributed by atoms with Crippen LogP contribution in [0.4, 0.5) is 5.69 Å². The molecule has 1 aliphatic rings. The van der Waals surface area contributed by atoms with Crippen LogP contribution in [-0.2, 0) is 10.0 Å². The summed E-state index contributed by atoms with van der Waals surface area (Å²) in [6.45, 7) is 5.81. The maximum Gasteiger partial charge on any atom is 0.240 e. The largest absolute Gasteiger partial charge is 0.496 e. The SMILES string of the molecule is COc1ccc(S(=O)(=O)NCC(c2cccnc2)[NH+]2CCN(c3ccccc3)CC2)cc1C. The molecule has 1 aliphatic heterocycles. The van der Waals surface area contributed by atoms with Crippen LogP contribution in [-0.4, -0.2) is 53.2 Å². The van der Waals surface area contributed by atoms with E-state index in [1.54, 1.807) is 31.5 Å². The molecule has 0 radical (unpaired) electrons. The molecule has 8 heteroatoms. The highest BCUT2D eigenvalue weighted by molar-refractivity contribution is 7.89. The summed E-state index contributed by atoms with van der Waals surface area (Å²) in [6, 6.07) is 19.2. The second-order valence-electron chi connectivity index (χ2n) is 8.30. The minimum absolute atomic E-state index is 0.0225. The molecule has 174 valence electrons. The van der Waals surface area contributed by atoms with E-state index >= 15 is 0 Å². The van der Waals surface area contributed by atoms with Gasteiger partial charge in [-0.2, -0.15) is 0 Å². The zero-order valence-corrected chi connectivity index (χ0v) is 19.9. The number of nitrogens with one attached hydrogen (secondary N) is 2. The van der Waals surface area contributed by atoms with E-state index < -0.39 is 10.0 Å². The van der Waals surface area contributed by atoms with Crippen LogP contribution >= 0.6 is 0 Å². The number of hydrogen-bond donors (Lipinski definition) is 2. The predicted molar refractivity (Wildman–Crippen MR) is 129 cm³/mol. The lowest BCUT2D eigenvalue weighted by atomic mass is 10.1. The molecular formula is C25H31N4O3S+. The molecule has 0 saturated carbocycles. The Balaban J connectivity index is 1.48. The van der Waals surface area contributed by atoms with Gasteiger partial charge in [-0.25, -0.2) is 13.1 Å². The van der Waals surface area contributed by atoms with Crippen molar-refractivity contribution in [1.82, 2.24) is 9.71 Å². The lowest BCUT2D eigenvalue weighted by molar-refractivity contribution is -0.930. The van der Waals surface area contributed by atoms with E-state index in [-0.39, 0.29) is 10.9 Å². The summed E-state index contributed by atoms with van der Waals surface area (Å²) in [6.07, 6.45) is 3.58. The topological polar surface area (TPSA) is 76.0 Å². The second-order valence-corrected chi connectivity index (χ2v) is 10.1. The Labute approximate surface area is 196 Å². The highest BCUT2D eigenvalue weighted by Gasteiger charge is 2.30. The minimum atomic E-state index is -3.65. The first-order chi connectivity index (χ1) is 16.0. The van der Waals surface area contributed by atoms with Crippen molar-refractivity contribution < 1.29 is 18.1 Å². The van der Waals surface area contributed by atoms with Gasteiger partial charge in [0.25, 0.3) is 0 Å². The number of quaternary nitrogens is 1. The van der Waals surface area contributed by atoms with Crippen LogP contribution in [0.1, 0.15) is 17.2 Å². The number of hydrogen-bond acceptors (Lipinski definition) is 5. The molecule has 0 bridgehead atoms. The molecule has 1 aromatic heterocycles. The Hall–Kier alpha value is -2.94. The van der Waals surface area contributed by atoms with Crippen LogP contribution in [0.2, 0.25) is 0 Å². The third-order valence-corrected chi connectivity index (χ3v) is 7.68. The van der Waals surface area contributed by atoms with Crippen LogP contribution in [0.25, 0.3) is 0 Å². The number of nitrogens with zero attached hydrogens (tertiary/aromatic N) is 2. The zero-order valence-electron chi connectivity index (χ0n) is 19.1. The number of ether oxygens (including phenoxy) is 1. The number of benzene rings is 2. The van der Waals surface area contributed by atoms with Crippen LogP contribution in [0.3, 0.4) is 0 Å². The lowest BCUT2D eigenvalue weighted by Gasteiger charge is -2.37. The minimum Gasteiger partial charge on any atom is -0.496 e. The molecule has 2 aromatic carbocycles. The zero-order chi connectivity index (χ0) is 23.3. The monoisotopic (exact) mass is 467 g/mol. The van der Waals surface area contributed by atoms with E-state index in [9.17, 15) is 8.42 Å². The summed E-state index contributed by atoms with van der Waals surface area (Å²) in [7, 11) is -2.08. The number of piperazine rings is 1. The summed E-state index contributed by atoms with van der Waals surface area (Å²) in [4.78, 5) is 8.26. The van der Waals surface area contributed by atoms with Crippen LogP contribution in [0, 0.1) is 6.92 Å². The number of anilines is 1. The van der Waals surface area contributed by atoms with Gasteiger partial charge < -0.3 is 14.5 Å². The van der Waals surface area contributed by atoms with Gasteiger partial charge in [0.1, 0.15) is 11.8 Å². The molecule has 1 fully saturated rings. The first-order valence-electron chi connectivity index (χ1n) is 11.2. The van der Waals surface area contributed by atoms with E-state index in [0.29, 0.717) is 12.3 Å². The van der Waals surface area contributed by atoms with Crippen LogP contribution in [0.15, 0.2) is 78.0 Å². The van der Waals surface area contributed by atoms with Gasteiger partial charge in [0.2, 0.25) is 10.0 Å². The fraction of sp³-hybridized carbons (Fsp3) is 0.320. The van der Waals surface area contributed by atoms with Crippen molar-refractivity contribution in [3.05, 3.63) is 84.2 Å². The molecule has 1 saturated heterocycles. The molecule has 2 N–H and O–H groups in total. The smallest absolute Gasteiger partial charge is 0.240 e. The number of rotatable bonds is 8. The van der Waals surface area contributed by atoms with Gasteiger partial charge in [0, 0.05) is 23.6 Å². The number of methoxy groups -OCH3 is 1. The molecule has 0 spiro atoms. The lowest BCUT2D eigenvalue weighted by Crippen LogP contribution is -3.15. The number of para-hydroxylation sites is 1. The maximum absolute atomic E-state index is 13.1. The Kier molecular flexibility index (Phi) is 7.27. The van der Waals surface area contributed by atoms with E-state index in [2.05, 4.69) is 38.9 Å². The number of aryl methyl sites for hydroxylation is 1. The van der Waals surface area contributed by atoms with Gasteiger partial charge >= 0.3 is 0 Å². The van der Waals surface area contributed by atoms with Gasteiger partial charge in [0.15, 0.2) is 0 Å². The Morgan fingerprint density at radius 3 is 2.48 bits per heavy atom. The maximum atomic E-state index is 13.1. The average Bonchev–Trinajstić information content (AvgIpc) is 2.85. The van der Waals surface area contributed by atoms with Gasteiger partial charge in [-0.3, -0.25) is 4.98 Å². The molecule has 2 heterocycles. The third kappa shape index (κ3) is 5.52. The number of sulfonamides is 1. The molecule has 7 nitrogen and oxygen atoms in total. The average molecular weight is 468 g/mol. The van der Waals surface area contributed by atoms with Crippen molar-refractivity contribution in [2.75, 3.05) is 44.7 Å². The predicted octanol–water partition coefficient (Wildman–Crippen LogP) is 1.82. The standard InChI is InChI=1S/C25H30N4O3S/c1-20-17-23(10-11-25(20)32-2)33(30,31)27-19-24(21-7-6-12-26-18-21)29-15-13-28(14-16-29)22-8-4-3-5-9-22/h3-12,17-18,24,27H,13-16,19H2,1-2H3/p+1.